The number of rotatable bonds is 5. The average Bonchev–Trinajstić information content (AvgIpc) is 2.85. The van der Waals surface area contributed by atoms with Crippen LogP contribution in [0.25, 0.3) is 0 Å². The normalized spacial score (nSPS) is 12.8. The molecule has 0 atom stereocenters. The van der Waals surface area contributed by atoms with Crippen LogP contribution < -0.4 is 15.2 Å². The van der Waals surface area contributed by atoms with Crippen LogP contribution in [0.5, 0.6) is 11.5 Å². The van der Waals surface area contributed by atoms with E-state index in [4.69, 9.17) is 15.2 Å². The first-order valence-electron chi connectivity index (χ1n) is 6.74. The van der Waals surface area contributed by atoms with E-state index in [9.17, 15) is 4.79 Å². The van der Waals surface area contributed by atoms with Crippen molar-refractivity contribution < 1.29 is 14.3 Å². The molecule has 21 heavy (non-hydrogen) atoms. The van der Waals surface area contributed by atoms with Crippen molar-refractivity contribution in [3.8, 4) is 11.5 Å². The van der Waals surface area contributed by atoms with Gasteiger partial charge in [0, 0.05) is 13.6 Å². The molecular weight excluding hydrogens is 292 g/mol. The third-order valence-corrected chi connectivity index (χ3v) is 3.44. The van der Waals surface area contributed by atoms with Crippen LogP contribution in [0, 0.1) is 5.41 Å². The van der Waals surface area contributed by atoms with Gasteiger partial charge in [0.1, 0.15) is 0 Å². The summed E-state index contributed by atoms with van der Waals surface area (Å²) in [6, 6.07) is 5.60. The lowest BCUT2D eigenvalue weighted by molar-refractivity contribution is -0.130. The SMILES string of the molecule is CN(CC(C)(C)CN)C(=O)Cc1ccc2c(c1)OCO2.Cl. The molecule has 0 unspecified atom stereocenters. The molecule has 0 saturated heterocycles. The minimum Gasteiger partial charge on any atom is -0.454 e. The Bertz CT molecular complexity index is 506. The Morgan fingerprint density at radius 2 is 2.00 bits per heavy atom. The molecule has 118 valence electrons. The number of likely N-dealkylation sites (N-methyl/N-ethyl adjacent to an activating group) is 1. The van der Waals surface area contributed by atoms with Gasteiger partial charge >= 0.3 is 0 Å². The third-order valence-electron chi connectivity index (χ3n) is 3.44. The predicted octanol–water partition coefficient (Wildman–Crippen LogP) is 1.82. The van der Waals surface area contributed by atoms with E-state index in [-0.39, 0.29) is 30.5 Å². The summed E-state index contributed by atoms with van der Waals surface area (Å²) in [5, 5.41) is 0. The van der Waals surface area contributed by atoms with Crippen molar-refractivity contribution in [1.82, 2.24) is 4.90 Å². The number of amides is 1. The Labute approximate surface area is 131 Å². The van der Waals surface area contributed by atoms with Crippen molar-refractivity contribution in [3.05, 3.63) is 23.8 Å². The van der Waals surface area contributed by atoms with Gasteiger partial charge in [0.05, 0.1) is 6.42 Å². The molecule has 1 heterocycles. The van der Waals surface area contributed by atoms with Gasteiger partial charge in [-0.3, -0.25) is 4.79 Å². The molecule has 0 aliphatic carbocycles. The Kier molecular flexibility index (Phi) is 5.87. The van der Waals surface area contributed by atoms with E-state index in [1.54, 1.807) is 4.90 Å². The highest BCUT2D eigenvalue weighted by molar-refractivity contribution is 5.85. The van der Waals surface area contributed by atoms with Crippen molar-refractivity contribution in [1.29, 1.82) is 0 Å². The van der Waals surface area contributed by atoms with Gasteiger partial charge < -0.3 is 20.1 Å². The second-order valence-corrected chi connectivity index (χ2v) is 5.98. The first-order valence-corrected chi connectivity index (χ1v) is 6.74. The summed E-state index contributed by atoms with van der Waals surface area (Å²) in [5.74, 6) is 1.52. The first-order chi connectivity index (χ1) is 9.41. The molecule has 1 aromatic carbocycles. The number of hydrogen-bond donors (Lipinski definition) is 1. The van der Waals surface area contributed by atoms with Crippen LogP contribution in [0.3, 0.4) is 0 Å². The van der Waals surface area contributed by atoms with Crippen molar-refractivity contribution in [2.24, 2.45) is 11.1 Å². The third kappa shape index (κ3) is 4.51. The Morgan fingerprint density at radius 3 is 2.67 bits per heavy atom. The second-order valence-electron chi connectivity index (χ2n) is 5.98. The lowest BCUT2D eigenvalue weighted by Gasteiger charge is -2.29. The zero-order chi connectivity index (χ0) is 14.8. The molecule has 0 fully saturated rings. The Morgan fingerprint density at radius 1 is 1.33 bits per heavy atom. The predicted molar refractivity (Wildman–Crippen MR) is 84.0 cm³/mol. The second kappa shape index (κ2) is 7.00. The van der Waals surface area contributed by atoms with E-state index in [1.165, 1.54) is 0 Å². The summed E-state index contributed by atoms with van der Waals surface area (Å²) in [4.78, 5) is 14.0. The molecule has 0 saturated carbocycles. The molecule has 0 radical (unpaired) electrons. The van der Waals surface area contributed by atoms with E-state index < -0.39 is 0 Å². The number of ether oxygens (including phenoxy) is 2. The van der Waals surface area contributed by atoms with Gasteiger partial charge in [-0.1, -0.05) is 19.9 Å². The summed E-state index contributed by atoms with van der Waals surface area (Å²) < 4.78 is 10.6. The minimum absolute atomic E-state index is 0. The summed E-state index contributed by atoms with van der Waals surface area (Å²) >= 11 is 0. The Hall–Kier alpha value is -1.46. The number of halogens is 1. The number of nitrogens with zero attached hydrogens (tertiary/aromatic N) is 1. The van der Waals surface area contributed by atoms with E-state index in [1.807, 2.05) is 25.2 Å². The lowest BCUT2D eigenvalue weighted by atomic mass is 9.93. The van der Waals surface area contributed by atoms with Crippen molar-refractivity contribution in [2.75, 3.05) is 26.9 Å². The van der Waals surface area contributed by atoms with Crippen LogP contribution >= 0.6 is 12.4 Å². The standard InChI is InChI=1S/C15H22N2O3.ClH/c1-15(2,8-16)9-17(3)14(18)7-11-4-5-12-13(6-11)20-10-19-12;/h4-6H,7-10,16H2,1-3H3;1H. The van der Waals surface area contributed by atoms with Crippen molar-refractivity contribution in [2.45, 2.75) is 20.3 Å². The highest BCUT2D eigenvalue weighted by Gasteiger charge is 2.22. The molecule has 1 aliphatic rings. The molecule has 2 rings (SSSR count). The van der Waals surface area contributed by atoms with Gasteiger partial charge in [-0.25, -0.2) is 0 Å². The van der Waals surface area contributed by atoms with Crippen LogP contribution in [0.4, 0.5) is 0 Å². The maximum atomic E-state index is 12.2. The molecule has 0 aromatic heterocycles. The molecule has 1 amide bonds. The molecule has 0 bridgehead atoms. The fraction of sp³-hybridized carbons (Fsp3) is 0.533. The van der Waals surface area contributed by atoms with Gasteiger partial charge in [-0.15, -0.1) is 12.4 Å². The molecule has 5 nitrogen and oxygen atoms in total. The lowest BCUT2D eigenvalue weighted by Crippen LogP contribution is -2.40. The largest absolute Gasteiger partial charge is 0.454 e. The van der Waals surface area contributed by atoms with Gasteiger partial charge in [0.25, 0.3) is 0 Å². The highest BCUT2D eigenvalue weighted by atomic mass is 35.5. The quantitative estimate of drug-likeness (QED) is 0.900. The molecule has 1 aromatic rings. The number of nitrogens with two attached hydrogens (primary N) is 1. The van der Waals surface area contributed by atoms with Gasteiger partial charge in [0.15, 0.2) is 11.5 Å². The summed E-state index contributed by atoms with van der Waals surface area (Å²) in [6.45, 7) is 5.55. The maximum absolute atomic E-state index is 12.2. The van der Waals surface area contributed by atoms with Crippen molar-refractivity contribution >= 4 is 18.3 Å². The van der Waals surface area contributed by atoms with E-state index in [0.717, 1.165) is 11.3 Å². The van der Waals surface area contributed by atoms with Crippen molar-refractivity contribution in [3.63, 3.8) is 0 Å². The summed E-state index contributed by atoms with van der Waals surface area (Å²) in [6.07, 6.45) is 0.355. The number of hydrogen-bond acceptors (Lipinski definition) is 4. The summed E-state index contributed by atoms with van der Waals surface area (Å²) in [7, 11) is 1.81. The fourth-order valence-corrected chi connectivity index (χ4v) is 2.16. The maximum Gasteiger partial charge on any atom is 0.231 e. The van der Waals surface area contributed by atoms with E-state index in [0.29, 0.717) is 25.3 Å². The van der Waals surface area contributed by atoms with Crippen LogP contribution in [0.15, 0.2) is 18.2 Å². The molecule has 2 N–H and O–H groups in total. The minimum atomic E-state index is -0.0701. The molecule has 6 heteroatoms. The van der Waals surface area contributed by atoms with Crippen LogP contribution in [-0.4, -0.2) is 37.7 Å². The average molecular weight is 315 g/mol. The monoisotopic (exact) mass is 314 g/mol. The van der Waals surface area contributed by atoms with Gasteiger partial charge in [0.2, 0.25) is 12.7 Å². The van der Waals surface area contributed by atoms with Crippen LogP contribution in [0.2, 0.25) is 0 Å². The smallest absolute Gasteiger partial charge is 0.231 e. The molecule has 0 spiro atoms. The number of carbonyl (C=O) groups excluding carboxylic acids is 1. The van der Waals surface area contributed by atoms with Crippen LogP contribution in [0.1, 0.15) is 19.4 Å². The fourth-order valence-electron chi connectivity index (χ4n) is 2.16. The first kappa shape index (κ1) is 17.6. The molecular formula is C15H23ClN2O3. The Balaban J connectivity index is 0.00000220. The van der Waals surface area contributed by atoms with E-state index >= 15 is 0 Å². The zero-order valence-corrected chi connectivity index (χ0v) is 13.5. The zero-order valence-electron chi connectivity index (χ0n) is 12.7. The highest BCUT2D eigenvalue weighted by Crippen LogP contribution is 2.32. The molecule has 1 aliphatic heterocycles. The van der Waals surface area contributed by atoms with Gasteiger partial charge in [-0.2, -0.15) is 0 Å². The number of benzene rings is 1. The summed E-state index contributed by atoms with van der Waals surface area (Å²) in [5.41, 5.74) is 6.56. The number of fused-ring (bicyclic) bond motifs is 1. The van der Waals surface area contributed by atoms with Crippen LogP contribution in [-0.2, 0) is 11.2 Å². The van der Waals surface area contributed by atoms with E-state index in [2.05, 4.69) is 13.8 Å². The number of carbonyl (C=O) groups is 1. The van der Waals surface area contributed by atoms with Gasteiger partial charge in [-0.05, 0) is 29.7 Å². The topological polar surface area (TPSA) is 64.8 Å².